The van der Waals surface area contributed by atoms with Gasteiger partial charge in [-0.05, 0) is 24.5 Å². The second-order valence-electron chi connectivity index (χ2n) is 6.02. The summed E-state index contributed by atoms with van der Waals surface area (Å²) in [6.45, 7) is 4.53. The summed E-state index contributed by atoms with van der Waals surface area (Å²) in [5.74, 6) is 0.928. The Morgan fingerprint density at radius 2 is 1.95 bits per heavy atom. The van der Waals surface area contributed by atoms with Gasteiger partial charge in [0.05, 0.1) is 4.92 Å². The number of carbonyl (C=O) groups is 1. The molecule has 2 unspecified atom stereocenters. The molecule has 1 aromatic rings. The van der Waals surface area contributed by atoms with Crippen LogP contribution in [0.25, 0.3) is 0 Å². The Labute approximate surface area is 133 Å². The number of nitrogens with zero attached hydrogens (tertiary/aromatic N) is 3. The van der Waals surface area contributed by atoms with Gasteiger partial charge in [-0.25, -0.2) is 0 Å². The second-order valence-corrected chi connectivity index (χ2v) is 6.46. The maximum Gasteiger partial charge on any atom is 0.294 e. The number of hydrogen-bond donors (Lipinski definition) is 0. The molecular weight excluding hydrogens is 306 g/mol. The summed E-state index contributed by atoms with van der Waals surface area (Å²) in [4.78, 5) is 26.8. The first-order valence-electron chi connectivity index (χ1n) is 7.45. The number of amides is 1. The largest absolute Gasteiger partial charge is 0.362 e. The van der Waals surface area contributed by atoms with Crippen LogP contribution in [0, 0.1) is 22.0 Å². The minimum Gasteiger partial charge on any atom is -0.362 e. The lowest BCUT2D eigenvalue weighted by molar-refractivity contribution is -0.384. The van der Waals surface area contributed by atoms with Crippen LogP contribution in [0.3, 0.4) is 0 Å². The number of piperazine rings is 1. The summed E-state index contributed by atoms with van der Waals surface area (Å²) in [5, 5.41) is 11.5. The molecule has 1 heterocycles. The van der Waals surface area contributed by atoms with Gasteiger partial charge in [-0.1, -0.05) is 18.5 Å². The number of carbonyl (C=O) groups excluding carboxylic acids is 1. The van der Waals surface area contributed by atoms with Crippen LogP contribution in [0.1, 0.15) is 13.3 Å². The molecule has 1 aliphatic carbocycles. The lowest BCUT2D eigenvalue weighted by Gasteiger charge is -2.36. The number of rotatable bonds is 3. The summed E-state index contributed by atoms with van der Waals surface area (Å²) < 4.78 is 0. The predicted octanol–water partition coefficient (Wildman–Crippen LogP) is 2.55. The molecule has 2 atom stereocenters. The van der Waals surface area contributed by atoms with Crippen LogP contribution >= 0.6 is 11.6 Å². The van der Waals surface area contributed by atoms with Crippen molar-refractivity contribution in [3.63, 3.8) is 0 Å². The van der Waals surface area contributed by atoms with Crippen molar-refractivity contribution >= 4 is 28.9 Å². The van der Waals surface area contributed by atoms with Crippen LogP contribution < -0.4 is 4.90 Å². The van der Waals surface area contributed by atoms with E-state index in [-0.39, 0.29) is 17.5 Å². The van der Waals surface area contributed by atoms with E-state index in [9.17, 15) is 14.9 Å². The topological polar surface area (TPSA) is 66.7 Å². The first-order valence-corrected chi connectivity index (χ1v) is 7.83. The SMILES string of the molecule is CC1CC1C(=O)N1CCN(c2ccc(Cl)cc2[N+](=O)[O-])CC1. The van der Waals surface area contributed by atoms with Gasteiger partial charge in [0.25, 0.3) is 5.69 Å². The van der Waals surface area contributed by atoms with Gasteiger partial charge in [0.1, 0.15) is 5.69 Å². The number of hydrogen-bond acceptors (Lipinski definition) is 4. The van der Waals surface area contributed by atoms with Crippen LogP contribution in [-0.4, -0.2) is 41.9 Å². The first-order chi connectivity index (χ1) is 10.5. The summed E-state index contributed by atoms with van der Waals surface area (Å²) in [5.41, 5.74) is 0.587. The summed E-state index contributed by atoms with van der Waals surface area (Å²) in [6, 6.07) is 4.72. The minimum atomic E-state index is -0.412. The molecule has 0 N–H and O–H groups in total. The third-order valence-electron chi connectivity index (χ3n) is 4.49. The van der Waals surface area contributed by atoms with E-state index in [2.05, 4.69) is 6.92 Å². The van der Waals surface area contributed by atoms with Gasteiger partial charge in [-0.15, -0.1) is 0 Å². The fourth-order valence-corrected chi connectivity index (χ4v) is 3.15. The Hall–Kier alpha value is -1.82. The Morgan fingerprint density at radius 3 is 2.50 bits per heavy atom. The molecule has 1 amide bonds. The normalized spacial score (nSPS) is 24.3. The smallest absolute Gasteiger partial charge is 0.294 e. The molecular formula is C15H18ClN3O3. The molecule has 2 fully saturated rings. The van der Waals surface area contributed by atoms with Crippen molar-refractivity contribution in [2.75, 3.05) is 31.1 Å². The number of nitro groups is 1. The highest BCUT2D eigenvalue weighted by molar-refractivity contribution is 6.30. The molecule has 0 spiro atoms. The average molecular weight is 324 g/mol. The van der Waals surface area contributed by atoms with E-state index < -0.39 is 4.92 Å². The van der Waals surface area contributed by atoms with Crippen molar-refractivity contribution in [2.45, 2.75) is 13.3 Å². The molecule has 0 bridgehead atoms. The summed E-state index contributed by atoms with van der Waals surface area (Å²) in [7, 11) is 0. The summed E-state index contributed by atoms with van der Waals surface area (Å²) >= 11 is 5.84. The number of halogens is 1. The maximum absolute atomic E-state index is 12.2. The highest BCUT2D eigenvalue weighted by atomic mass is 35.5. The van der Waals surface area contributed by atoms with Crippen LogP contribution in [0.2, 0.25) is 5.02 Å². The van der Waals surface area contributed by atoms with Gasteiger partial charge < -0.3 is 9.80 Å². The number of nitro benzene ring substituents is 1. The lowest BCUT2D eigenvalue weighted by atomic mass is 10.2. The van der Waals surface area contributed by atoms with Crippen molar-refractivity contribution < 1.29 is 9.72 Å². The Balaban J connectivity index is 1.69. The van der Waals surface area contributed by atoms with E-state index in [4.69, 9.17) is 11.6 Å². The van der Waals surface area contributed by atoms with Crippen molar-refractivity contribution in [3.8, 4) is 0 Å². The Morgan fingerprint density at radius 1 is 1.32 bits per heavy atom. The van der Waals surface area contributed by atoms with Crippen molar-refractivity contribution in [3.05, 3.63) is 33.3 Å². The molecule has 7 heteroatoms. The minimum absolute atomic E-state index is 0.0168. The highest BCUT2D eigenvalue weighted by Crippen LogP contribution is 2.39. The van der Waals surface area contributed by atoms with E-state index in [1.165, 1.54) is 6.07 Å². The fourth-order valence-electron chi connectivity index (χ4n) is 2.98. The predicted molar refractivity (Wildman–Crippen MR) is 84.2 cm³/mol. The first kappa shape index (κ1) is 15.1. The van der Waals surface area contributed by atoms with Crippen LogP contribution in [0.15, 0.2) is 18.2 Å². The van der Waals surface area contributed by atoms with Crippen molar-refractivity contribution in [2.24, 2.45) is 11.8 Å². The molecule has 2 aliphatic rings. The monoisotopic (exact) mass is 323 g/mol. The van der Waals surface area contributed by atoms with E-state index in [1.54, 1.807) is 12.1 Å². The summed E-state index contributed by atoms with van der Waals surface area (Å²) in [6.07, 6.45) is 0.988. The van der Waals surface area contributed by atoms with Gasteiger partial charge in [-0.3, -0.25) is 14.9 Å². The maximum atomic E-state index is 12.2. The lowest BCUT2D eigenvalue weighted by Crippen LogP contribution is -2.49. The zero-order valence-corrected chi connectivity index (χ0v) is 13.1. The molecule has 118 valence electrons. The molecule has 1 aromatic carbocycles. The van der Waals surface area contributed by atoms with Gasteiger partial charge in [0.15, 0.2) is 0 Å². The molecule has 1 saturated heterocycles. The molecule has 0 aromatic heterocycles. The molecule has 6 nitrogen and oxygen atoms in total. The van der Waals surface area contributed by atoms with Crippen molar-refractivity contribution in [1.29, 1.82) is 0 Å². The Kier molecular flexibility index (Phi) is 3.95. The third-order valence-corrected chi connectivity index (χ3v) is 4.73. The van der Waals surface area contributed by atoms with Crippen molar-refractivity contribution in [1.82, 2.24) is 4.90 Å². The zero-order chi connectivity index (χ0) is 15.9. The molecule has 1 saturated carbocycles. The van der Waals surface area contributed by atoms with E-state index in [0.29, 0.717) is 42.8 Å². The Bertz CT molecular complexity index is 614. The van der Waals surface area contributed by atoms with E-state index in [1.807, 2.05) is 9.80 Å². The molecule has 0 radical (unpaired) electrons. The molecule has 3 rings (SSSR count). The quantitative estimate of drug-likeness (QED) is 0.633. The van der Waals surface area contributed by atoms with Crippen LogP contribution in [0.4, 0.5) is 11.4 Å². The highest BCUT2D eigenvalue weighted by Gasteiger charge is 2.42. The van der Waals surface area contributed by atoms with Gasteiger partial charge in [0.2, 0.25) is 5.91 Å². The fraction of sp³-hybridized carbons (Fsp3) is 0.533. The van der Waals surface area contributed by atoms with Gasteiger partial charge >= 0.3 is 0 Å². The van der Waals surface area contributed by atoms with Gasteiger partial charge in [0, 0.05) is 43.2 Å². The molecule has 22 heavy (non-hydrogen) atoms. The zero-order valence-electron chi connectivity index (χ0n) is 12.4. The number of benzene rings is 1. The van der Waals surface area contributed by atoms with E-state index >= 15 is 0 Å². The second kappa shape index (κ2) is 5.76. The third kappa shape index (κ3) is 2.88. The van der Waals surface area contributed by atoms with Crippen LogP contribution in [0.5, 0.6) is 0 Å². The van der Waals surface area contributed by atoms with E-state index in [0.717, 1.165) is 6.42 Å². The number of anilines is 1. The van der Waals surface area contributed by atoms with Gasteiger partial charge in [-0.2, -0.15) is 0 Å². The molecule has 1 aliphatic heterocycles. The average Bonchev–Trinajstić information content (AvgIpc) is 3.23. The van der Waals surface area contributed by atoms with Crippen LogP contribution in [-0.2, 0) is 4.79 Å². The standard InChI is InChI=1S/C15H18ClN3O3/c1-10-8-12(10)15(20)18-6-4-17(5-7-18)13-3-2-11(16)9-14(13)19(21)22/h2-3,9-10,12H,4-8H2,1H3.